The van der Waals surface area contributed by atoms with Crippen molar-refractivity contribution in [2.75, 3.05) is 13.7 Å². The summed E-state index contributed by atoms with van der Waals surface area (Å²) in [6.45, 7) is 0.227. The second kappa shape index (κ2) is 8.19. The zero-order chi connectivity index (χ0) is 22.0. The highest BCUT2D eigenvalue weighted by molar-refractivity contribution is 7.13. The lowest BCUT2D eigenvalue weighted by atomic mass is 9.90. The molecule has 31 heavy (non-hydrogen) atoms. The maximum absolute atomic E-state index is 12.9. The van der Waals surface area contributed by atoms with Gasteiger partial charge >= 0.3 is 6.03 Å². The first-order valence-corrected chi connectivity index (χ1v) is 10.3. The van der Waals surface area contributed by atoms with Crippen LogP contribution in [0.15, 0.2) is 54.0 Å². The predicted octanol–water partition coefficient (Wildman–Crippen LogP) is 2.54. The first kappa shape index (κ1) is 20.5. The molecule has 0 bridgehead atoms. The van der Waals surface area contributed by atoms with Gasteiger partial charge in [-0.3, -0.25) is 4.79 Å². The van der Waals surface area contributed by atoms with Crippen LogP contribution in [0.4, 0.5) is 4.79 Å². The zero-order valence-electron chi connectivity index (χ0n) is 16.7. The van der Waals surface area contributed by atoms with Crippen molar-refractivity contribution in [3.63, 3.8) is 0 Å². The van der Waals surface area contributed by atoms with E-state index in [4.69, 9.17) is 10.5 Å². The molecule has 8 nitrogen and oxygen atoms in total. The Labute approximate surface area is 182 Å². The van der Waals surface area contributed by atoms with Gasteiger partial charge < -0.3 is 25.5 Å². The molecule has 1 aromatic heterocycles. The lowest BCUT2D eigenvalue weighted by Gasteiger charge is -2.33. The number of nitrogens with one attached hydrogen (secondary N) is 1. The molecule has 158 valence electrons. The SMILES string of the molecule is COc1ccc2c(c1)CN(CC(C=O)(NC(N)=O)c1ccc(-c3nccs3)cc1)C2=O. The smallest absolute Gasteiger partial charge is 0.313 e. The lowest BCUT2D eigenvalue weighted by Crippen LogP contribution is -2.56. The minimum absolute atomic E-state index is 0.0636. The number of nitrogens with zero attached hydrogens (tertiary/aromatic N) is 2. The Balaban J connectivity index is 1.66. The van der Waals surface area contributed by atoms with Crippen LogP contribution in [0.25, 0.3) is 10.6 Å². The number of aldehydes is 1. The van der Waals surface area contributed by atoms with Gasteiger partial charge in [0.25, 0.3) is 5.91 Å². The Hall–Kier alpha value is -3.72. The summed E-state index contributed by atoms with van der Waals surface area (Å²) in [5.74, 6) is 0.414. The van der Waals surface area contributed by atoms with Gasteiger partial charge in [-0.15, -0.1) is 11.3 Å². The van der Waals surface area contributed by atoms with Crippen molar-refractivity contribution < 1.29 is 19.1 Å². The molecule has 2 heterocycles. The number of carbonyl (C=O) groups excluding carboxylic acids is 3. The fourth-order valence-electron chi connectivity index (χ4n) is 3.75. The quantitative estimate of drug-likeness (QED) is 0.553. The molecule has 1 unspecified atom stereocenters. The molecular formula is C22H20N4O4S. The van der Waals surface area contributed by atoms with E-state index >= 15 is 0 Å². The summed E-state index contributed by atoms with van der Waals surface area (Å²) in [4.78, 5) is 42.8. The van der Waals surface area contributed by atoms with Crippen LogP contribution in [-0.2, 0) is 16.9 Å². The molecule has 0 spiro atoms. The summed E-state index contributed by atoms with van der Waals surface area (Å²) in [6.07, 6.45) is 2.33. The Morgan fingerprint density at radius 1 is 1.32 bits per heavy atom. The van der Waals surface area contributed by atoms with Crippen LogP contribution in [-0.4, -0.2) is 41.8 Å². The molecule has 3 amide bonds. The Kier molecular flexibility index (Phi) is 5.43. The molecule has 9 heteroatoms. The normalized spacial score (nSPS) is 14.6. The van der Waals surface area contributed by atoms with E-state index in [2.05, 4.69) is 10.3 Å². The van der Waals surface area contributed by atoms with Gasteiger partial charge in [0.05, 0.1) is 13.7 Å². The number of primary amides is 1. The summed E-state index contributed by atoms with van der Waals surface area (Å²) in [6, 6.07) is 11.5. The van der Waals surface area contributed by atoms with Crippen LogP contribution in [0.1, 0.15) is 21.5 Å². The third kappa shape index (κ3) is 3.87. The van der Waals surface area contributed by atoms with E-state index in [1.165, 1.54) is 16.2 Å². The van der Waals surface area contributed by atoms with E-state index in [9.17, 15) is 14.4 Å². The van der Waals surface area contributed by atoms with Crippen molar-refractivity contribution in [3.05, 3.63) is 70.7 Å². The zero-order valence-corrected chi connectivity index (χ0v) is 17.5. The molecule has 2 aromatic carbocycles. The summed E-state index contributed by atoms with van der Waals surface area (Å²) >= 11 is 1.49. The minimum atomic E-state index is -1.49. The number of ether oxygens (including phenoxy) is 1. The van der Waals surface area contributed by atoms with E-state index < -0.39 is 11.6 Å². The molecular weight excluding hydrogens is 416 g/mol. The number of fused-ring (bicyclic) bond motifs is 1. The molecule has 0 aliphatic carbocycles. The van der Waals surface area contributed by atoms with Gasteiger partial charge in [-0.25, -0.2) is 9.78 Å². The van der Waals surface area contributed by atoms with Crippen LogP contribution >= 0.6 is 11.3 Å². The van der Waals surface area contributed by atoms with Gasteiger partial charge in [-0.1, -0.05) is 24.3 Å². The third-order valence-electron chi connectivity index (χ3n) is 5.26. The van der Waals surface area contributed by atoms with Gasteiger partial charge in [0, 0.05) is 29.2 Å². The van der Waals surface area contributed by atoms with E-state index in [0.717, 1.165) is 16.1 Å². The van der Waals surface area contributed by atoms with E-state index in [0.29, 0.717) is 29.7 Å². The third-order valence-corrected chi connectivity index (χ3v) is 6.08. The van der Waals surface area contributed by atoms with Gasteiger partial charge in [-0.05, 0) is 29.3 Å². The average Bonchev–Trinajstić information content (AvgIpc) is 3.41. The van der Waals surface area contributed by atoms with E-state index in [1.54, 1.807) is 43.6 Å². The number of nitrogens with two attached hydrogens (primary N) is 1. The molecule has 3 aromatic rings. The number of carbonyl (C=O) groups is 3. The fraction of sp³-hybridized carbons (Fsp3) is 0.182. The molecule has 0 saturated carbocycles. The van der Waals surface area contributed by atoms with Gasteiger partial charge in [0.2, 0.25) is 0 Å². The number of rotatable bonds is 7. The Bertz CT molecular complexity index is 1130. The van der Waals surface area contributed by atoms with Crippen molar-refractivity contribution >= 4 is 29.6 Å². The number of amides is 3. The van der Waals surface area contributed by atoms with Gasteiger partial charge in [-0.2, -0.15) is 0 Å². The Morgan fingerprint density at radius 3 is 2.71 bits per heavy atom. The lowest BCUT2D eigenvalue weighted by molar-refractivity contribution is -0.113. The van der Waals surface area contributed by atoms with Gasteiger partial charge in [0.15, 0.2) is 6.29 Å². The largest absolute Gasteiger partial charge is 0.497 e. The maximum Gasteiger partial charge on any atom is 0.313 e. The van der Waals surface area contributed by atoms with Crippen LogP contribution in [0, 0.1) is 0 Å². The number of hydrogen-bond donors (Lipinski definition) is 2. The van der Waals surface area contributed by atoms with E-state index in [1.807, 2.05) is 17.5 Å². The second-order valence-electron chi connectivity index (χ2n) is 7.18. The highest BCUT2D eigenvalue weighted by Gasteiger charge is 2.39. The predicted molar refractivity (Wildman–Crippen MR) is 116 cm³/mol. The number of aromatic nitrogens is 1. The molecule has 1 atom stereocenters. The van der Waals surface area contributed by atoms with Crippen molar-refractivity contribution in [2.45, 2.75) is 12.1 Å². The van der Waals surface area contributed by atoms with Crippen molar-refractivity contribution in [1.29, 1.82) is 0 Å². The van der Waals surface area contributed by atoms with E-state index in [-0.39, 0.29) is 12.5 Å². The van der Waals surface area contributed by atoms with Crippen molar-refractivity contribution in [2.24, 2.45) is 5.73 Å². The molecule has 0 fully saturated rings. The topological polar surface area (TPSA) is 115 Å². The first-order chi connectivity index (χ1) is 15.0. The standard InChI is InChI=1S/C22H20N4O4S/c1-30-17-6-7-18-15(10-17)11-26(20(18)28)12-22(13-27,25-21(23)29)16-4-2-14(3-5-16)19-24-8-9-31-19/h2-10,13H,11-12H2,1H3,(H3,23,25,29). The summed E-state index contributed by atoms with van der Waals surface area (Å²) in [5.41, 5.74) is 6.64. The molecule has 1 aliphatic rings. The summed E-state index contributed by atoms with van der Waals surface area (Å²) in [7, 11) is 1.56. The Morgan fingerprint density at radius 2 is 2.10 bits per heavy atom. The van der Waals surface area contributed by atoms with Crippen LogP contribution in [0.3, 0.4) is 0 Å². The number of urea groups is 1. The summed E-state index contributed by atoms with van der Waals surface area (Å²) in [5, 5.41) is 5.26. The maximum atomic E-state index is 12.9. The number of hydrogen-bond acceptors (Lipinski definition) is 6. The fourth-order valence-corrected chi connectivity index (χ4v) is 4.39. The van der Waals surface area contributed by atoms with Crippen LogP contribution in [0.2, 0.25) is 0 Å². The van der Waals surface area contributed by atoms with Crippen molar-refractivity contribution in [1.82, 2.24) is 15.2 Å². The highest BCUT2D eigenvalue weighted by atomic mass is 32.1. The molecule has 1 aliphatic heterocycles. The first-order valence-electron chi connectivity index (χ1n) is 9.46. The average molecular weight is 436 g/mol. The molecule has 4 rings (SSSR count). The van der Waals surface area contributed by atoms with Gasteiger partial charge in [0.1, 0.15) is 16.3 Å². The highest BCUT2D eigenvalue weighted by Crippen LogP contribution is 2.31. The number of thiazole rings is 1. The molecule has 3 N–H and O–H groups in total. The van der Waals surface area contributed by atoms with Crippen LogP contribution < -0.4 is 15.8 Å². The summed E-state index contributed by atoms with van der Waals surface area (Å²) < 4.78 is 5.23. The van der Waals surface area contributed by atoms with Crippen molar-refractivity contribution in [3.8, 4) is 16.3 Å². The monoisotopic (exact) mass is 436 g/mol. The van der Waals surface area contributed by atoms with Crippen LogP contribution in [0.5, 0.6) is 5.75 Å². The molecule has 0 radical (unpaired) electrons. The minimum Gasteiger partial charge on any atom is -0.497 e. The second-order valence-corrected chi connectivity index (χ2v) is 8.07. The number of methoxy groups -OCH3 is 1. The molecule has 0 saturated heterocycles. The number of benzene rings is 2.